The average Bonchev–Trinajstić information content (AvgIpc) is 3.17. The Labute approximate surface area is 211 Å². The maximum absolute atomic E-state index is 12.1. The first-order valence-electron chi connectivity index (χ1n) is 10.8. The molecule has 0 spiro atoms. The number of aliphatic hydroxyl groups excluding tert-OH is 1. The minimum absolute atomic E-state index is 0.112. The van der Waals surface area contributed by atoms with Crippen molar-refractivity contribution in [3.05, 3.63) is 106 Å². The van der Waals surface area contributed by atoms with Gasteiger partial charge in [0.25, 0.3) is 11.1 Å². The summed E-state index contributed by atoms with van der Waals surface area (Å²) >= 11 is 0.812. The number of benzene rings is 3. The third-order valence-electron chi connectivity index (χ3n) is 4.81. The molecule has 1 aliphatic rings. The Balaban J connectivity index is 0.000000303. The molecule has 36 heavy (non-hydrogen) atoms. The number of carbonyl (C=O) groups excluding carboxylic acids is 3. The molecule has 3 aromatic rings. The van der Waals surface area contributed by atoms with E-state index < -0.39 is 23.1 Å². The first kappa shape index (κ1) is 26.4. The molecule has 0 aromatic heterocycles. The molecule has 0 saturated carbocycles. The van der Waals surface area contributed by atoms with Crippen LogP contribution >= 0.6 is 11.8 Å². The van der Waals surface area contributed by atoms with Gasteiger partial charge in [-0.05, 0) is 46.7 Å². The molecular formula is C27H23NO7S. The van der Waals surface area contributed by atoms with Gasteiger partial charge in [-0.1, -0.05) is 66.7 Å². The topological polar surface area (TPSA) is 130 Å². The fourth-order valence-corrected chi connectivity index (χ4v) is 3.86. The lowest BCUT2D eigenvalue weighted by Crippen LogP contribution is -2.17. The minimum Gasteiger partial charge on any atom is -0.481 e. The SMILES string of the molecule is O=C(Cc1ccccc1)Oc1ccc(/C=C2\SC(=O)NC2=O)cc1CO.O=C(O)Cc1ccccc1. The van der Waals surface area contributed by atoms with E-state index in [2.05, 4.69) is 5.32 Å². The molecule has 0 unspecified atom stereocenters. The molecule has 184 valence electrons. The number of hydrogen-bond donors (Lipinski definition) is 3. The zero-order valence-electron chi connectivity index (χ0n) is 19.0. The second-order valence-corrected chi connectivity index (χ2v) is 8.58. The van der Waals surface area contributed by atoms with Gasteiger partial charge in [0.1, 0.15) is 5.75 Å². The van der Waals surface area contributed by atoms with Gasteiger partial charge in [0.2, 0.25) is 0 Å². The van der Waals surface area contributed by atoms with Crippen LogP contribution in [0.5, 0.6) is 5.75 Å². The van der Waals surface area contributed by atoms with E-state index in [-0.39, 0.29) is 30.1 Å². The van der Waals surface area contributed by atoms with Gasteiger partial charge in [-0.2, -0.15) is 0 Å². The number of carboxylic acid groups (broad SMARTS) is 1. The summed E-state index contributed by atoms with van der Waals surface area (Å²) < 4.78 is 5.35. The van der Waals surface area contributed by atoms with Gasteiger partial charge < -0.3 is 14.9 Å². The van der Waals surface area contributed by atoms with Crippen molar-refractivity contribution >= 4 is 40.9 Å². The van der Waals surface area contributed by atoms with Crippen LogP contribution in [0.3, 0.4) is 0 Å². The van der Waals surface area contributed by atoms with Crippen LogP contribution in [0.1, 0.15) is 22.3 Å². The smallest absolute Gasteiger partial charge is 0.315 e. The number of hydrogen-bond acceptors (Lipinski definition) is 7. The molecule has 4 rings (SSSR count). The van der Waals surface area contributed by atoms with Crippen LogP contribution in [0.4, 0.5) is 4.79 Å². The second kappa shape index (κ2) is 13.0. The Morgan fingerprint density at radius 3 is 2.03 bits per heavy atom. The molecule has 1 fully saturated rings. The van der Waals surface area contributed by atoms with Crippen LogP contribution in [-0.4, -0.2) is 33.3 Å². The van der Waals surface area contributed by atoms with E-state index in [1.807, 2.05) is 48.5 Å². The lowest BCUT2D eigenvalue weighted by Gasteiger charge is -2.10. The number of ether oxygens (including phenoxy) is 1. The molecule has 2 amide bonds. The highest BCUT2D eigenvalue weighted by atomic mass is 32.2. The van der Waals surface area contributed by atoms with E-state index >= 15 is 0 Å². The molecule has 0 atom stereocenters. The fourth-order valence-electron chi connectivity index (χ4n) is 3.18. The second-order valence-electron chi connectivity index (χ2n) is 7.57. The number of carboxylic acids is 1. The number of aliphatic carboxylic acids is 1. The summed E-state index contributed by atoms with van der Waals surface area (Å²) in [4.78, 5) is 45.3. The van der Waals surface area contributed by atoms with Crippen molar-refractivity contribution in [3.8, 4) is 5.75 Å². The minimum atomic E-state index is -0.786. The van der Waals surface area contributed by atoms with Gasteiger partial charge in [-0.3, -0.25) is 24.5 Å². The molecule has 1 aliphatic heterocycles. The predicted molar refractivity (Wildman–Crippen MR) is 135 cm³/mol. The van der Waals surface area contributed by atoms with E-state index in [0.29, 0.717) is 11.1 Å². The summed E-state index contributed by atoms with van der Waals surface area (Å²) in [7, 11) is 0. The molecule has 0 radical (unpaired) electrons. The predicted octanol–water partition coefficient (Wildman–Crippen LogP) is 3.96. The number of thioether (sulfide) groups is 1. The normalized spacial score (nSPS) is 13.5. The van der Waals surface area contributed by atoms with Crippen LogP contribution in [0.2, 0.25) is 0 Å². The van der Waals surface area contributed by atoms with Gasteiger partial charge in [-0.25, -0.2) is 0 Å². The lowest BCUT2D eigenvalue weighted by atomic mass is 10.1. The quantitative estimate of drug-likeness (QED) is 0.250. The largest absolute Gasteiger partial charge is 0.481 e. The number of aliphatic hydroxyl groups is 1. The summed E-state index contributed by atoms with van der Waals surface area (Å²) in [5.74, 6) is -1.42. The number of carbonyl (C=O) groups is 4. The molecule has 3 N–H and O–H groups in total. The molecule has 1 saturated heterocycles. The summed E-state index contributed by atoms with van der Waals surface area (Å²) in [6, 6.07) is 23.1. The van der Waals surface area contributed by atoms with E-state index in [4.69, 9.17) is 9.84 Å². The molecule has 8 nitrogen and oxygen atoms in total. The molecule has 9 heteroatoms. The van der Waals surface area contributed by atoms with Gasteiger partial charge in [0.15, 0.2) is 0 Å². The number of esters is 1. The summed E-state index contributed by atoms with van der Waals surface area (Å²) in [5, 5.41) is 19.7. The summed E-state index contributed by atoms with van der Waals surface area (Å²) in [5.41, 5.74) is 2.70. The molecule has 1 heterocycles. The van der Waals surface area contributed by atoms with Gasteiger partial charge >= 0.3 is 11.9 Å². The Hall–Kier alpha value is -4.21. The summed E-state index contributed by atoms with van der Waals surface area (Å²) in [6.45, 7) is -0.330. The van der Waals surface area contributed by atoms with Crippen molar-refractivity contribution in [1.82, 2.24) is 5.32 Å². The Morgan fingerprint density at radius 2 is 1.50 bits per heavy atom. The van der Waals surface area contributed by atoms with Crippen LogP contribution in [0, 0.1) is 0 Å². The maximum Gasteiger partial charge on any atom is 0.315 e. The monoisotopic (exact) mass is 505 g/mol. The van der Waals surface area contributed by atoms with Crippen LogP contribution < -0.4 is 10.1 Å². The zero-order valence-corrected chi connectivity index (χ0v) is 19.9. The highest BCUT2D eigenvalue weighted by Gasteiger charge is 2.25. The van der Waals surface area contributed by atoms with Gasteiger partial charge in [0.05, 0.1) is 24.4 Å². The van der Waals surface area contributed by atoms with E-state index in [9.17, 15) is 24.3 Å². The Morgan fingerprint density at radius 1 is 0.889 bits per heavy atom. The van der Waals surface area contributed by atoms with Crippen molar-refractivity contribution in [2.24, 2.45) is 0 Å². The number of nitrogens with one attached hydrogen (secondary N) is 1. The van der Waals surface area contributed by atoms with Crippen LogP contribution in [0.25, 0.3) is 6.08 Å². The van der Waals surface area contributed by atoms with Crippen LogP contribution in [0.15, 0.2) is 83.8 Å². The number of rotatable bonds is 7. The number of amides is 2. The summed E-state index contributed by atoms with van der Waals surface area (Å²) in [6.07, 6.45) is 1.77. The first-order chi connectivity index (χ1) is 17.3. The standard InChI is InChI=1S/C19H15NO5S.C8H8O2/c21-11-14-8-13(9-16-18(23)20-19(24)26-16)6-7-15(14)25-17(22)10-12-4-2-1-3-5-12;9-8(10)6-7-4-2-1-3-5-7/h1-9,21H,10-11H2,(H,20,23,24);1-5H,6H2,(H,9,10)/b16-9-;. The first-order valence-corrected chi connectivity index (χ1v) is 11.6. The molecule has 0 bridgehead atoms. The molecule has 0 aliphatic carbocycles. The highest BCUT2D eigenvalue weighted by molar-refractivity contribution is 8.18. The van der Waals surface area contributed by atoms with Crippen molar-refractivity contribution in [2.75, 3.05) is 0 Å². The Kier molecular flexibility index (Phi) is 9.56. The third kappa shape index (κ3) is 8.23. The maximum atomic E-state index is 12.1. The van der Waals surface area contributed by atoms with E-state index in [1.165, 1.54) is 0 Å². The van der Waals surface area contributed by atoms with E-state index in [1.54, 1.807) is 36.4 Å². The fraction of sp³-hybridized carbons (Fsp3) is 0.111. The Bertz CT molecular complexity index is 1270. The van der Waals surface area contributed by atoms with Gasteiger partial charge in [0, 0.05) is 5.56 Å². The van der Waals surface area contributed by atoms with E-state index in [0.717, 1.165) is 22.9 Å². The van der Waals surface area contributed by atoms with Crippen molar-refractivity contribution in [3.63, 3.8) is 0 Å². The molecular weight excluding hydrogens is 482 g/mol. The zero-order chi connectivity index (χ0) is 25.9. The van der Waals surface area contributed by atoms with Crippen LogP contribution in [-0.2, 0) is 33.8 Å². The average molecular weight is 506 g/mol. The number of imide groups is 1. The highest BCUT2D eigenvalue weighted by Crippen LogP contribution is 2.28. The van der Waals surface area contributed by atoms with Gasteiger partial charge in [-0.15, -0.1) is 0 Å². The van der Waals surface area contributed by atoms with Crippen molar-refractivity contribution in [1.29, 1.82) is 0 Å². The van der Waals surface area contributed by atoms with Crippen molar-refractivity contribution < 1.29 is 34.1 Å². The van der Waals surface area contributed by atoms with Crippen molar-refractivity contribution in [2.45, 2.75) is 19.4 Å². The molecule has 3 aromatic carbocycles. The third-order valence-corrected chi connectivity index (χ3v) is 5.62. The lowest BCUT2D eigenvalue weighted by molar-refractivity contribution is -0.136.